The Hall–Kier alpha value is -0.170. The fraction of sp³-hybridized carbons (Fsp3) is 0.600. The number of aryl methyl sites for hydroxylation is 1. The summed E-state index contributed by atoms with van der Waals surface area (Å²) in [6.45, 7) is 14.6. The van der Waals surface area contributed by atoms with Crippen molar-refractivity contribution in [3.05, 3.63) is 28.8 Å². The Morgan fingerprint density at radius 1 is 1.00 bits per heavy atom. The Bertz CT molecular complexity index is 548. The summed E-state index contributed by atoms with van der Waals surface area (Å²) in [5.74, 6) is 0.527. The lowest BCUT2D eigenvalue weighted by molar-refractivity contribution is 0.488. The van der Waals surface area contributed by atoms with Gasteiger partial charge in [-0.2, -0.15) is 0 Å². The Morgan fingerprint density at radius 3 is 1.85 bits per heavy atom. The summed E-state index contributed by atoms with van der Waals surface area (Å²) in [5.41, 5.74) is 2.92. The van der Waals surface area contributed by atoms with Gasteiger partial charge in [-0.15, -0.1) is 0 Å². The number of rotatable bonds is 2. The monoisotopic (exact) mass is 336 g/mol. The van der Waals surface area contributed by atoms with E-state index in [9.17, 15) is 4.57 Å². The first-order chi connectivity index (χ1) is 8.72. The minimum atomic E-state index is -3.62. The highest BCUT2D eigenvalue weighted by Crippen LogP contribution is 2.58. The average Bonchev–Trinajstić information content (AvgIpc) is 2.15. The van der Waals surface area contributed by atoms with E-state index in [0.29, 0.717) is 5.75 Å². The highest BCUT2D eigenvalue weighted by molar-refractivity contribution is 8.05. The van der Waals surface area contributed by atoms with E-state index in [1.807, 2.05) is 13.0 Å². The third-order valence-electron chi connectivity index (χ3n) is 3.15. The molecule has 0 bridgehead atoms. The van der Waals surface area contributed by atoms with Gasteiger partial charge in [0.2, 0.25) is 0 Å². The first-order valence-corrected chi connectivity index (χ1v) is 10.00. The number of hydrogen-bond donors (Lipinski definition) is 0. The van der Waals surface area contributed by atoms with Crippen molar-refractivity contribution in [1.82, 2.24) is 0 Å². The zero-order valence-corrected chi connectivity index (χ0v) is 15.6. The molecule has 5 heteroatoms. The SMILES string of the molecule is Cc1cc(C(C)(C)C)cc(C(C)(C)C)c1OP(=O)(Cl)Cl. The number of hydrogen-bond acceptors (Lipinski definition) is 2. The summed E-state index contributed by atoms with van der Waals surface area (Å²) in [6.07, 6.45) is -3.62. The van der Waals surface area contributed by atoms with Crippen molar-refractivity contribution in [3.63, 3.8) is 0 Å². The maximum absolute atomic E-state index is 11.6. The maximum Gasteiger partial charge on any atom is 0.428 e. The van der Waals surface area contributed by atoms with Gasteiger partial charge in [-0.25, -0.2) is 4.57 Å². The van der Waals surface area contributed by atoms with Crippen molar-refractivity contribution >= 4 is 28.6 Å². The number of benzene rings is 1. The van der Waals surface area contributed by atoms with Crippen molar-refractivity contribution in [2.45, 2.75) is 59.3 Å². The molecule has 0 heterocycles. The second kappa shape index (κ2) is 5.55. The molecule has 0 saturated carbocycles. The fourth-order valence-corrected chi connectivity index (χ4v) is 2.86. The van der Waals surface area contributed by atoms with Crippen LogP contribution in [0.15, 0.2) is 12.1 Å². The van der Waals surface area contributed by atoms with Crippen LogP contribution in [0.1, 0.15) is 58.2 Å². The van der Waals surface area contributed by atoms with Crippen LogP contribution in [-0.2, 0) is 15.4 Å². The van der Waals surface area contributed by atoms with E-state index in [1.165, 1.54) is 5.56 Å². The van der Waals surface area contributed by atoms with Gasteiger partial charge < -0.3 is 4.52 Å². The van der Waals surface area contributed by atoms with Crippen molar-refractivity contribution < 1.29 is 9.09 Å². The van der Waals surface area contributed by atoms with Gasteiger partial charge >= 0.3 is 6.07 Å². The highest BCUT2D eigenvalue weighted by Gasteiger charge is 2.28. The Kier molecular flexibility index (Phi) is 4.97. The van der Waals surface area contributed by atoms with E-state index in [1.54, 1.807) is 0 Å². The minimum Gasteiger partial charge on any atom is -0.422 e. The van der Waals surface area contributed by atoms with E-state index in [0.717, 1.165) is 11.1 Å². The minimum absolute atomic E-state index is 0.0227. The molecule has 1 rings (SSSR count). The van der Waals surface area contributed by atoms with Gasteiger partial charge in [-0.05, 0) is 28.9 Å². The molecular formula is C15H23Cl2O2P. The normalized spacial score (nSPS) is 13.4. The van der Waals surface area contributed by atoms with Crippen molar-refractivity contribution in [3.8, 4) is 5.75 Å². The van der Waals surface area contributed by atoms with E-state index >= 15 is 0 Å². The molecule has 0 atom stereocenters. The smallest absolute Gasteiger partial charge is 0.422 e. The molecule has 1 aromatic carbocycles. The lowest BCUT2D eigenvalue weighted by Gasteiger charge is -2.28. The molecule has 0 aromatic heterocycles. The molecule has 0 fully saturated rings. The van der Waals surface area contributed by atoms with Gasteiger partial charge in [-0.3, -0.25) is 0 Å². The second-order valence-electron chi connectivity index (χ2n) is 7.18. The third kappa shape index (κ3) is 4.69. The topological polar surface area (TPSA) is 26.3 Å². The standard InChI is InChI=1S/C15H23Cl2O2P/c1-10-8-11(14(2,3)4)9-12(15(5,6)7)13(10)19-20(16,17)18/h8-9H,1-7H3. The lowest BCUT2D eigenvalue weighted by Crippen LogP contribution is -2.18. The summed E-state index contributed by atoms with van der Waals surface area (Å²) in [7, 11) is 0. The molecule has 0 aliphatic carbocycles. The molecule has 0 aliphatic rings. The van der Waals surface area contributed by atoms with Gasteiger partial charge in [0.15, 0.2) is 0 Å². The predicted molar refractivity (Wildman–Crippen MR) is 88.5 cm³/mol. The Morgan fingerprint density at radius 2 is 1.50 bits per heavy atom. The largest absolute Gasteiger partial charge is 0.428 e. The molecular weight excluding hydrogens is 314 g/mol. The van der Waals surface area contributed by atoms with Crippen LogP contribution in [0.25, 0.3) is 0 Å². The van der Waals surface area contributed by atoms with Crippen LogP contribution >= 0.6 is 28.6 Å². The molecule has 0 spiro atoms. The van der Waals surface area contributed by atoms with Crippen LogP contribution in [0.2, 0.25) is 0 Å². The molecule has 114 valence electrons. The van der Waals surface area contributed by atoms with Gasteiger partial charge in [0.25, 0.3) is 0 Å². The molecule has 2 nitrogen and oxygen atoms in total. The molecule has 0 amide bonds. The first kappa shape index (κ1) is 17.9. The average molecular weight is 337 g/mol. The Balaban J connectivity index is 3.56. The van der Waals surface area contributed by atoms with Crippen molar-refractivity contribution in [2.24, 2.45) is 0 Å². The van der Waals surface area contributed by atoms with Crippen LogP contribution in [0.5, 0.6) is 5.75 Å². The quantitative estimate of drug-likeness (QED) is 0.572. The summed E-state index contributed by atoms with van der Waals surface area (Å²) < 4.78 is 17.0. The van der Waals surface area contributed by atoms with Gasteiger partial charge in [-0.1, -0.05) is 53.7 Å². The van der Waals surface area contributed by atoms with Crippen LogP contribution < -0.4 is 4.52 Å². The summed E-state index contributed by atoms with van der Waals surface area (Å²) in [6, 6.07) is 4.12. The predicted octanol–water partition coefficient (Wildman–Crippen LogP) is 6.55. The highest BCUT2D eigenvalue weighted by atomic mass is 35.9. The first-order valence-electron chi connectivity index (χ1n) is 6.56. The fourth-order valence-electron chi connectivity index (χ4n) is 1.99. The molecule has 20 heavy (non-hydrogen) atoms. The van der Waals surface area contributed by atoms with E-state index in [2.05, 4.69) is 47.6 Å². The van der Waals surface area contributed by atoms with Crippen molar-refractivity contribution in [1.29, 1.82) is 0 Å². The van der Waals surface area contributed by atoms with Crippen LogP contribution in [0.3, 0.4) is 0 Å². The van der Waals surface area contributed by atoms with Crippen molar-refractivity contribution in [2.75, 3.05) is 0 Å². The summed E-state index contributed by atoms with van der Waals surface area (Å²) in [4.78, 5) is 0. The van der Waals surface area contributed by atoms with Crippen LogP contribution in [0.4, 0.5) is 0 Å². The third-order valence-corrected chi connectivity index (χ3v) is 3.96. The molecule has 0 N–H and O–H groups in total. The van der Waals surface area contributed by atoms with Crippen LogP contribution in [0, 0.1) is 6.92 Å². The zero-order valence-electron chi connectivity index (χ0n) is 13.2. The molecule has 0 unspecified atom stereocenters. The van der Waals surface area contributed by atoms with E-state index in [-0.39, 0.29) is 10.8 Å². The number of halogens is 2. The molecule has 0 radical (unpaired) electrons. The Labute approximate surface area is 131 Å². The molecule has 1 aromatic rings. The summed E-state index contributed by atoms with van der Waals surface area (Å²) in [5, 5.41) is 0. The van der Waals surface area contributed by atoms with Crippen LogP contribution in [-0.4, -0.2) is 0 Å². The lowest BCUT2D eigenvalue weighted by atomic mass is 9.79. The van der Waals surface area contributed by atoms with Gasteiger partial charge in [0.05, 0.1) is 0 Å². The van der Waals surface area contributed by atoms with Gasteiger partial charge in [0, 0.05) is 28.0 Å². The second-order valence-corrected chi connectivity index (χ2v) is 11.4. The molecule has 0 aliphatic heterocycles. The maximum atomic E-state index is 11.6. The zero-order chi connectivity index (χ0) is 15.9. The van der Waals surface area contributed by atoms with E-state index < -0.39 is 6.07 Å². The van der Waals surface area contributed by atoms with E-state index in [4.69, 9.17) is 27.0 Å². The molecule has 0 saturated heterocycles. The summed E-state index contributed by atoms with van der Waals surface area (Å²) >= 11 is 11.2. The van der Waals surface area contributed by atoms with Gasteiger partial charge in [0.1, 0.15) is 5.75 Å².